The highest BCUT2D eigenvalue weighted by Gasteiger charge is 2.31. The van der Waals surface area contributed by atoms with E-state index in [2.05, 4.69) is 35.3 Å². The average Bonchev–Trinajstić information content (AvgIpc) is 3.10. The lowest BCUT2D eigenvalue weighted by molar-refractivity contribution is -0.137. The molecule has 0 saturated carbocycles. The number of carbonyl (C=O) groups excluding carboxylic acids is 2. The van der Waals surface area contributed by atoms with Gasteiger partial charge in [0, 0.05) is 54.1 Å². The molecule has 0 saturated heterocycles. The number of hydrogen-bond acceptors (Lipinski definition) is 10. The van der Waals surface area contributed by atoms with Gasteiger partial charge in [-0.25, -0.2) is 27.6 Å². The van der Waals surface area contributed by atoms with Gasteiger partial charge in [-0.15, -0.1) is 4.36 Å². The van der Waals surface area contributed by atoms with Crippen LogP contribution < -0.4 is 21.3 Å². The van der Waals surface area contributed by atoms with E-state index in [-0.39, 0.29) is 29.0 Å². The first kappa shape index (κ1) is 38.1. The number of anilines is 5. The number of carbonyl (C=O) groups is 2. The van der Waals surface area contributed by atoms with Crippen LogP contribution in [-0.2, 0) is 20.6 Å². The fraction of sp³-hybridized carbons (Fsp3) is 0.206. The number of halogens is 5. The quantitative estimate of drug-likeness (QED) is 0.112. The van der Waals surface area contributed by atoms with Crippen molar-refractivity contribution in [1.29, 1.82) is 0 Å². The second-order valence-corrected chi connectivity index (χ2v) is 13.5. The molecule has 4 N–H and O–H groups in total. The van der Waals surface area contributed by atoms with Gasteiger partial charge in [-0.05, 0) is 67.1 Å². The summed E-state index contributed by atoms with van der Waals surface area (Å²) in [5, 5.41) is 10.4. The Balaban J connectivity index is 1.37. The van der Waals surface area contributed by atoms with Crippen molar-refractivity contribution in [2.45, 2.75) is 18.0 Å². The fourth-order valence-electron chi connectivity index (χ4n) is 4.81. The molecule has 1 atom stereocenters. The number of rotatable bonds is 11. The minimum absolute atomic E-state index is 0.0747. The number of allylic oxidation sites excluding steroid dienone is 1. The minimum Gasteiger partial charge on any atom is -0.448 e. The maximum Gasteiger partial charge on any atom is 0.442 e. The van der Waals surface area contributed by atoms with Gasteiger partial charge < -0.3 is 30.9 Å². The lowest BCUT2D eigenvalue weighted by Crippen LogP contribution is -2.26. The lowest BCUT2D eigenvalue weighted by atomic mass is 10.1. The van der Waals surface area contributed by atoms with Crippen LogP contribution in [0.2, 0.25) is 0 Å². The maximum atomic E-state index is 15.4. The molecule has 3 amide bonds. The van der Waals surface area contributed by atoms with Crippen molar-refractivity contribution in [3.05, 3.63) is 96.3 Å². The smallest absolute Gasteiger partial charge is 0.442 e. The molecule has 13 nitrogen and oxygen atoms in total. The predicted octanol–water partition coefficient (Wildman–Crippen LogP) is 7.71. The Morgan fingerprint density at radius 1 is 1.02 bits per heavy atom. The van der Waals surface area contributed by atoms with Gasteiger partial charge in [0.15, 0.2) is 0 Å². The molecule has 278 valence electrons. The molecular weight excluding hydrogens is 725 g/mol. The van der Waals surface area contributed by atoms with Gasteiger partial charge in [-0.3, -0.25) is 4.99 Å². The van der Waals surface area contributed by atoms with E-state index >= 15 is 4.39 Å². The van der Waals surface area contributed by atoms with E-state index in [9.17, 15) is 31.4 Å². The first-order chi connectivity index (χ1) is 25.2. The van der Waals surface area contributed by atoms with E-state index in [1.165, 1.54) is 30.7 Å². The van der Waals surface area contributed by atoms with E-state index in [4.69, 9.17) is 4.74 Å². The molecule has 1 aromatic heterocycles. The fourth-order valence-corrected chi connectivity index (χ4v) is 5.93. The monoisotopic (exact) mass is 757 g/mol. The number of urea groups is 1. The number of nitrogens with zero attached hydrogens (tertiary/aromatic N) is 5. The summed E-state index contributed by atoms with van der Waals surface area (Å²) in [5.41, 5.74) is -1.18. The molecule has 0 spiro atoms. The third-order valence-corrected chi connectivity index (χ3v) is 8.97. The highest BCUT2D eigenvalue weighted by Crippen LogP contribution is 2.33. The van der Waals surface area contributed by atoms with E-state index in [1.807, 2.05) is 16.4 Å². The number of amides is 3. The Labute approximate surface area is 300 Å². The average molecular weight is 758 g/mol. The largest absolute Gasteiger partial charge is 0.448 e. The van der Waals surface area contributed by atoms with Crippen LogP contribution in [0.1, 0.15) is 12.5 Å². The standard InChI is InChI=1S/C34H32F5N9O4S/c1-3-52-33(50)47-53(2,51)24-7-4-6-23(18-24)43-31-42-19-25(30(46-31)41-13-15-48-14-5-12-40-20-48)21-8-11-28(27(36)16-21)44-32(49)45-29-17-22(34(37,38)39)9-10-26(29)35/h4-12,14,16-19H,3,13,15,20H2,1-2H3,(H2,44,45,49)(H2,41,42,43,46). The number of nitrogens with one attached hydrogen (secondary N) is 4. The molecule has 2 heterocycles. The summed E-state index contributed by atoms with van der Waals surface area (Å²) in [7, 11) is -3.15. The number of hydrogen-bond donors (Lipinski definition) is 4. The highest BCUT2D eigenvalue weighted by atomic mass is 32.2. The van der Waals surface area contributed by atoms with Gasteiger partial charge in [0.25, 0.3) is 0 Å². The number of aliphatic imine (C=N–C) groups is 1. The summed E-state index contributed by atoms with van der Waals surface area (Å²) in [6.07, 6.45) is 2.35. The summed E-state index contributed by atoms with van der Waals surface area (Å²) in [6.45, 7) is 3.03. The molecular formula is C34H32F5N9O4S. The zero-order valence-electron chi connectivity index (χ0n) is 28.1. The predicted molar refractivity (Wildman–Crippen MR) is 191 cm³/mol. The van der Waals surface area contributed by atoms with Crippen molar-refractivity contribution in [3.63, 3.8) is 0 Å². The van der Waals surface area contributed by atoms with E-state index in [0.717, 1.165) is 6.07 Å². The molecule has 53 heavy (non-hydrogen) atoms. The van der Waals surface area contributed by atoms with Crippen LogP contribution in [0.5, 0.6) is 0 Å². The molecule has 0 radical (unpaired) electrons. The van der Waals surface area contributed by atoms with Crippen molar-refractivity contribution in [3.8, 4) is 11.1 Å². The molecule has 0 aliphatic carbocycles. The highest BCUT2D eigenvalue weighted by molar-refractivity contribution is 7.93. The normalized spacial score (nSPS) is 13.5. The van der Waals surface area contributed by atoms with Gasteiger partial charge in [0.05, 0.1) is 33.3 Å². The summed E-state index contributed by atoms with van der Waals surface area (Å²) in [5.74, 6) is -1.64. The van der Waals surface area contributed by atoms with E-state index in [1.54, 1.807) is 37.4 Å². The molecule has 19 heteroatoms. The molecule has 1 aliphatic heterocycles. The third kappa shape index (κ3) is 10.2. The summed E-state index contributed by atoms with van der Waals surface area (Å²) >= 11 is 0. The zero-order valence-corrected chi connectivity index (χ0v) is 28.9. The summed E-state index contributed by atoms with van der Waals surface area (Å²) in [6, 6.07) is 10.4. The van der Waals surface area contributed by atoms with Crippen LogP contribution in [0.15, 0.2) is 93.4 Å². The second kappa shape index (κ2) is 16.5. The molecule has 0 bridgehead atoms. The topological polar surface area (TPSA) is 162 Å². The molecule has 3 aromatic carbocycles. The Hall–Kier alpha value is -6.11. The van der Waals surface area contributed by atoms with Crippen molar-refractivity contribution >= 4 is 56.9 Å². The van der Waals surface area contributed by atoms with E-state index in [0.29, 0.717) is 54.8 Å². The van der Waals surface area contributed by atoms with E-state index < -0.39 is 50.9 Å². The van der Waals surface area contributed by atoms with Crippen molar-refractivity contribution in [2.24, 2.45) is 9.36 Å². The Morgan fingerprint density at radius 3 is 2.53 bits per heavy atom. The van der Waals surface area contributed by atoms with Gasteiger partial charge in [-0.2, -0.15) is 18.2 Å². The van der Waals surface area contributed by atoms with Gasteiger partial charge in [0.1, 0.15) is 24.1 Å². The summed E-state index contributed by atoms with van der Waals surface area (Å²) in [4.78, 5) is 39.7. The Kier molecular flexibility index (Phi) is 11.9. The van der Waals surface area contributed by atoms with Crippen molar-refractivity contribution < 1.29 is 40.5 Å². The number of alkyl halides is 3. The maximum absolute atomic E-state index is 15.4. The Morgan fingerprint density at radius 2 is 1.81 bits per heavy atom. The SMILES string of the molecule is CCOC(=O)N=S(C)(=O)c1cccc(Nc2ncc(-c3ccc(NC(=O)Nc4cc(C(F)(F)F)ccc4F)c(F)c3)c(NCCN3C=CC=NC3)n2)c1. The van der Waals surface area contributed by atoms with Crippen LogP contribution in [0.25, 0.3) is 11.1 Å². The van der Waals surface area contributed by atoms with Gasteiger partial charge in [0.2, 0.25) is 5.95 Å². The molecule has 5 rings (SSSR count). The van der Waals surface area contributed by atoms with Crippen LogP contribution in [0.4, 0.5) is 60.4 Å². The molecule has 1 unspecified atom stereocenters. The van der Waals surface area contributed by atoms with Gasteiger partial charge in [-0.1, -0.05) is 12.1 Å². The number of benzene rings is 3. The third-order valence-electron chi connectivity index (χ3n) is 7.35. The Bertz CT molecular complexity index is 2190. The molecule has 0 fully saturated rings. The molecule has 4 aromatic rings. The van der Waals surface area contributed by atoms with Crippen LogP contribution in [0.3, 0.4) is 0 Å². The van der Waals surface area contributed by atoms with Crippen LogP contribution in [-0.4, -0.2) is 70.0 Å². The minimum atomic E-state index is -4.78. The number of aromatic nitrogens is 2. The summed E-state index contributed by atoms with van der Waals surface area (Å²) < 4.78 is 90.4. The van der Waals surface area contributed by atoms with Crippen LogP contribution in [0, 0.1) is 11.6 Å². The molecule has 1 aliphatic rings. The van der Waals surface area contributed by atoms with Gasteiger partial charge >= 0.3 is 18.3 Å². The zero-order chi connectivity index (χ0) is 38.2. The first-order valence-electron chi connectivity index (χ1n) is 15.7. The lowest BCUT2D eigenvalue weighted by Gasteiger charge is -2.21. The van der Waals surface area contributed by atoms with Crippen molar-refractivity contribution in [1.82, 2.24) is 14.9 Å². The van der Waals surface area contributed by atoms with Crippen LogP contribution >= 0.6 is 0 Å². The van der Waals surface area contributed by atoms with Crippen molar-refractivity contribution in [2.75, 3.05) is 53.9 Å². The first-order valence-corrected chi connectivity index (χ1v) is 17.7. The second-order valence-electron chi connectivity index (χ2n) is 11.2. The number of ether oxygens (including phenoxy) is 1.